The van der Waals surface area contributed by atoms with E-state index < -0.39 is 21.6 Å². The predicted molar refractivity (Wildman–Crippen MR) is 128 cm³/mol. The van der Waals surface area contributed by atoms with Crippen LogP contribution >= 0.6 is 0 Å². The molecule has 1 aliphatic heterocycles. The van der Waals surface area contributed by atoms with Crippen LogP contribution in [0.4, 0.5) is 5.69 Å². The summed E-state index contributed by atoms with van der Waals surface area (Å²) in [5, 5.41) is 8.81. The molecule has 2 aromatic rings. The fourth-order valence-electron chi connectivity index (χ4n) is 3.65. The van der Waals surface area contributed by atoms with Crippen LogP contribution < -0.4 is 20.7 Å². The van der Waals surface area contributed by atoms with E-state index in [1.807, 2.05) is 30.3 Å². The molecular formula is C24H32N4O4S. The molecule has 9 heteroatoms. The largest absolute Gasteiger partial charge is 0.343 e. The van der Waals surface area contributed by atoms with Gasteiger partial charge in [0.15, 0.2) is 0 Å². The fourth-order valence-corrected chi connectivity index (χ4v) is 5.07. The summed E-state index contributed by atoms with van der Waals surface area (Å²) in [4.78, 5) is 25.8. The van der Waals surface area contributed by atoms with E-state index in [4.69, 9.17) is 0 Å². The molecule has 1 fully saturated rings. The molecule has 0 bridgehead atoms. The molecule has 2 amide bonds. The maximum Gasteiger partial charge on any atom is 0.247 e. The van der Waals surface area contributed by atoms with Crippen LogP contribution in [-0.2, 0) is 26.0 Å². The van der Waals surface area contributed by atoms with E-state index >= 15 is 0 Å². The zero-order valence-corrected chi connectivity index (χ0v) is 20.0. The van der Waals surface area contributed by atoms with Crippen LogP contribution in [0.2, 0.25) is 0 Å². The van der Waals surface area contributed by atoms with Crippen molar-refractivity contribution in [2.24, 2.45) is 0 Å². The second-order valence-electron chi connectivity index (χ2n) is 9.27. The van der Waals surface area contributed by atoms with Gasteiger partial charge in [0, 0.05) is 17.6 Å². The molecular weight excluding hydrogens is 440 g/mol. The van der Waals surface area contributed by atoms with Crippen molar-refractivity contribution >= 4 is 27.5 Å². The van der Waals surface area contributed by atoms with E-state index in [-0.39, 0.29) is 22.8 Å². The van der Waals surface area contributed by atoms with Gasteiger partial charge in [-0.1, -0.05) is 30.3 Å². The number of rotatable bonds is 8. The normalized spacial score (nSPS) is 17.4. The number of sulfonamides is 1. The van der Waals surface area contributed by atoms with Crippen LogP contribution in [-0.4, -0.2) is 44.4 Å². The lowest BCUT2D eigenvalue weighted by Gasteiger charge is -2.21. The average molecular weight is 473 g/mol. The second-order valence-corrected chi connectivity index (χ2v) is 11.0. The van der Waals surface area contributed by atoms with Crippen molar-refractivity contribution in [1.82, 2.24) is 15.4 Å². The molecule has 0 saturated carbocycles. The van der Waals surface area contributed by atoms with E-state index in [0.29, 0.717) is 12.1 Å². The summed E-state index contributed by atoms with van der Waals surface area (Å²) in [6.45, 7) is 6.08. The van der Waals surface area contributed by atoms with Crippen molar-refractivity contribution in [3.8, 4) is 0 Å². The Labute approximate surface area is 195 Å². The minimum atomic E-state index is -3.67. The molecule has 0 aliphatic carbocycles. The summed E-state index contributed by atoms with van der Waals surface area (Å²) in [6.07, 6.45) is 2.00. The first kappa shape index (κ1) is 24.9. The number of hydrogen-bond donors (Lipinski definition) is 4. The topological polar surface area (TPSA) is 116 Å². The average Bonchev–Trinajstić information content (AvgIpc) is 3.28. The highest BCUT2D eigenvalue weighted by Gasteiger charge is 2.28. The number of amides is 2. The van der Waals surface area contributed by atoms with Gasteiger partial charge in [0.25, 0.3) is 0 Å². The first-order valence-electron chi connectivity index (χ1n) is 11.1. The molecule has 3 rings (SSSR count). The molecule has 0 radical (unpaired) electrons. The quantitative estimate of drug-likeness (QED) is 0.470. The molecule has 4 N–H and O–H groups in total. The summed E-state index contributed by atoms with van der Waals surface area (Å²) in [6, 6.07) is 14.4. The number of benzene rings is 2. The smallest absolute Gasteiger partial charge is 0.247 e. The van der Waals surface area contributed by atoms with Crippen LogP contribution in [0.25, 0.3) is 0 Å². The number of anilines is 1. The first-order chi connectivity index (χ1) is 15.5. The summed E-state index contributed by atoms with van der Waals surface area (Å²) in [5.74, 6) is -0.563. The third-order valence-electron chi connectivity index (χ3n) is 5.17. The zero-order valence-electron chi connectivity index (χ0n) is 19.2. The maximum absolute atomic E-state index is 13.1. The van der Waals surface area contributed by atoms with Gasteiger partial charge in [-0.2, -0.15) is 0 Å². The standard InChI is InChI=1S/C24H32N4O4S/c1-24(2,3)28-33(31,32)19-13-11-18(12-14-19)26-23(30)21(16-17-8-5-4-6-9-17)27-22(29)20-10-7-15-25-20/h4-6,8-9,11-14,20-21,25,28H,7,10,15-16H2,1-3H3,(H,26,30)(H,27,29)/t20-,21-/m0/s1. The van der Waals surface area contributed by atoms with Gasteiger partial charge in [-0.05, 0) is 70.0 Å². The Hall–Kier alpha value is -2.75. The van der Waals surface area contributed by atoms with Gasteiger partial charge in [0.1, 0.15) is 6.04 Å². The van der Waals surface area contributed by atoms with Gasteiger partial charge in [-0.3, -0.25) is 9.59 Å². The van der Waals surface area contributed by atoms with E-state index in [0.717, 1.165) is 24.9 Å². The van der Waals surface area contributed by atoms with Crippen LogP contribution in [0, 0.1) is 0 Å². The Bertz CT molecular complexity index is 1060. The van der Waals surface area contributed by atoms with Gasteiger partial charge < -0.3 is 16.0 Å². The summed E-state index contributed by atoms with van der Waals surface area (Å²) >= 11 is 0. The van der Waals surface area contributed by atoms with Crippen molar-refractivity contribution in [1.29, 1.82) is 0 Å². The Morgan fingerprint density at radius 2 is 1.73 bits per heavy atom. The molecule has 8 nitrogen and oxygen atoms in total. The SMILES string of the molecule is CC(C)(C)NS(=O)(=O)c1ccc(NC(=O)[C@H](Cc2ccccc2)NC(=O)[C@@H]2CCCN2)cc1. The van der Waals surface area contributed by atoms with Gasteiger partial charge in [0.05, 0.1) is 10.9 Å². The molecule has 33 heavy (non-hydrogen) atoms. The second kappa shape index (κ2) is 10.5. The predicted octanol–water partition coefficient (Wildman–Crippen LogP) is 2.18. The highest BCUT2D eigenvalue weighted by molar-refractivity contribution is 7.89. The summed E-state index contributed by atoms with van der Waals surface area (Å²) < 4.78 is 27.6. The minimum Gasteiger partial charge on any atom is -0.343 e. The summed E-state index contributed by atoms with van der Waals surface area (Å²) in [7, 11) is -3.67. The molecule has 0 aromatic heterocycles. The Morgan fingerprint density at radius 3 is 2.30 bits per heavy atom. The van der Waals surface area contributed by atoms with Crippen LogP contribution in [0.1, 0.15) is 39.2 Å². The molecule has 1 saturated heterocycles. The first-order valence-corrected chi connectivity index (χ1v) is 12.5. The van der Waals surface area contributed by atoms with Crippen molar-refractivity contribution < 1.29 is 18.0 Å². The van der Waals surface area contributed by atoms with Crippen molar-refractivity contribution in [3.63, 3.8) is 0 Å². The molecule has 1 heterocycles. The zero-order chi connectivity index (χ0) is 24.1. The van der Waals surface area contributed by atoms with Crippen molar-refractivity contribution in [2.75, 3.05) is 11.9 Å². The van der Waals surface area contributed by atoms with Crippen LogP contribution in [0.15, 0.2) is 59.5 Å². The molecule has 2 atom stereocenters. The molecule has 178 valence electrons. The van der Waals surface area contributed by atoms with Gasteiger partial charge in [-0.15, -0.1) is 0 Å². The van der Waals surface area contributed by atoms with Gasteiger partial charge >= 0.3 is 0 Å². The molecule has 2 aromatic carbocycles. The van der Waals surface area contributed by atoms with Gasteiger partial charge in [-0.25, -0.2) is 13.1 Å². The van der Waals surface area contributed by atoms with E-state index in [1.165, 1.54) is 24.3 Å². The Kier molecular flexibility index (Phi) is 7.88. The third-order valence-corrected chi connectivity index (χ3v) is 6.94. The van der Waals surface area contributed by atoms with E-state index in [2.05, 4.69) is 20.7 Å². The van der Waals surface area contributed by atoms with E-state index in [9.17, 15) is 18.0 Å². The lowest BCUT2D eigenvalue weighted by atomic mass is 10.0. The maximum atomic E-state index is 13.1. The lowest BCUT2D eigenvalue weighted by Crippen LogP contribution is -2.50. The summed E-state index contributed by atoms with van der Waals surface area (Å²) in [5.41, 5.74) is 0.760. The lowest BCUT2D eigenvalue weighted by molar-refractivity contribution is -0.127. The minimum absolute atomic E-state index is 0.108. The number of carbonyl (C=O) groups excluding carboxylic acids is 2. The highest BCUT2D eigenvalue weighted by Crippen LogP contribution is 2.17. The van der Waals surface area contributed by atoms with Crippen molar-refractivity contribution in [2.45, 2.75) is 62.6 Å². The molecule has 0 spiro atoms. The number of nitrogens with one attached hydrogen (secondary N) is 4. The third kappa shape index (κ3) is 7.38. The Morgan fingerprint density at radius 1 is 1.06 bits per heavy atom. The number of hydrogen-bond acceptors (Lipinski definition) is 5. The van der Waals surface area contributed by atoms with E-state index in [1.54, 1.807) is 20.8 Å². The van der Waals surface area contributed by atoms with Crippen LogP contribution in [0.3, 0.4) is 0 Å². The number of carbonyl (C=O) groups is 2. The highest BCUT2D eigenvalue weighted by atomic mass is 32.2. The molecule has 1 aliphatic rings. The van der Waals surface area contributed by atoms with Crippen LogP contribution in [0.5, 0.6) is 0 Å². The van der Waals surface area contributed by atoms with Crippen molar-refractivity contribution in [3.05, 3.63) is 60.2 Å². The van der Waals surface area contributed by atoms with Gasteiger partial charge in [0.2, 0.25) is 21.8 Å². The fraction of sp³-hybridized carbons (Fsp3) is 0.417. The monoisotopic (exact) mass is 472 g/mol. The molecule has 0 unspecified atom stereocenters. The Balaban J connectivity index is 1.72.